The van der Waals surface area contributed by atoms with E-state index in [9.17, 15) is 0 Å². The smallest absolute Gasteiger partial charge is 0.0594 e. The Morgan fingerprint density at radius 1 is 1.15 bits per heavy atom. The Kier molecular flexibility index (Phi) is 2.86. The summed E-state index contributed by atoms with van der Waals surface area (Å²) in [5, 5.41) is 0. The van der Waals surface area contributed by atoms with E-state index in [-0.39, 0.29) is 0 Å². The average molecular weight is 184 g/mol. The van der Waals surface area contributed by atoms with Crippen molar-refractivity contribution in [2.24, 2.45) is 0 Å². The van der Waals surface area contributed by atoms with Crippen LogP contribution in [0.3, 0.4) is 0 Å². The van der Waals surface area contributed by atoms with Gasteiger partial charge in [0.25, 0.3) is 0 Å². The molecule has 2 aliphatic rings. The predicted molar refractivity (Wildman–Crippen MR) is 52.9 cm³/mol. The first-order valence-corrected chi connectivity index (χ1v) is 5.25. The third kappa shape index (κ3) is 2.03. The molecule has 0 aromatic heterocycles. The lowest BCUT2D eigenvalue weighted by atomic mass is 9.84. The van der Waals surface area contributed by atoms with Gasteiger partial charge in [-0.05, 0) is 26.9 Å². The van der Waals surface area contributed by atoms with Gasteiger partial charge in [0.05, 0.1) is 13.2 Å². The lowest BCUT2D eigenvalue weighted by molar-refractivity contribution is -0.0229. The van der Waals surface area contributed by atoms with Crippen molar-refractivity contribution in [2.45, 2.75) is 24.9 Å². The molecule has 1 aliphatic carbocycles. The molecule has 13 heavy (non-hydrogen) atoms. The molecule has 0 aromatic carbocycles. The van der Waals surface area contributed by atoms with Crippen molar-refractivity contribution in [3.05, 3.63) is 0 Å². The zero-order valence-electron chi connectivity index (χ0n) is 8.70. The molecule has 3 nitrogen and oxygen atoms in total. The molecule has 0 unspecified atom stereocenters. The van der Waals surface area contributed by atoms with Gasteiger partial charge in [-0.25, -0.2) is 0 Å². The van der Waals surface area contributed by atoms with Gasteiger partial charge in [0.2, 0.25) is 0 Å². The second-order valence-corrected chi connectivity index (χ2v) is 4.39. The molecule has 0 radical (unpaired) electrons. The normalized spacial score (nSPS) is 36.2. The largest absolute Gasteiger partial charge is 0.379 e. The summed E-state index contributed by atoms with van der Waals surface area (Å²) in [4.78, 5) is 4.93. The van der Waals surface area contributed by atoms with Crippen LogP contribution in [0, 0.1) is 0 Å². The Bertz CT molecular complexity index is 160. The van der Waals surface area contributed by atoms with Crippen LogP contribution in [0.1, 0.15) is 12.8 Å². The van der Waals surface area contributed by atoms with Crippen LogP contribution in [-0.2, 0) is 4.74 Å². The van der Waals surface area contributed by atoms with E-state index >= 15 is 0 Å². The van der Waals surface area contributed by atoms with E-state index in [1.165, 1.54) is 12.8 Å². The monoisotopic (exact) mass is 184 g/mol. The van der Waals surface area contributed by atoms with Crippen LogP contribution >= 0.6 is 0 Å². The quantitative estimate of drug-likeness (QED) is 0.618. The molecular weight excluding hydrogens is 164 g/mol. The van der Waals surface area contributed by atoms with E-state index in [4.69, 9.17) is 4.74 Å². The molecule has 1 heterocycles. The fourth-order valence-corrected chi connectivity index (χ4v) is 2.22. The molecule has 2 fully saturated rings. The standard InChI is InChI=1S/C10H20N2O/c1-11(2)9-7-10(8-9)12-3-5-13-6-4-12/h9-10H,3-8H2,1-2H3. The van der Waals surface area contributed by atoms with Crippen molar-refractivity contribution in [1.82, 2.24) is 9.80 Å². The number of nitrogens with zero attached hydrogens (tertiary/aromatic N) is 2. The molecule has 0 amide bonds. The van der Waals surface area contributed by atoms with Crippen molar-refractivity contribution >= 4 is 0 Å². The summed E-state index contributed by atoms with van der Waals surface area (Å²) >= 11 is 0. The number of ether oxygens (including phenoxy) is 1. The van der Waals surface area contributed by atoms with Crippen molar-refractivity contribution in [3.63, 3.8) is 0 Å². The zero-order valence-corrected chi connectivity index (χ0v) is 8.70. The van der Waals surface area contributed by atoms with Crippen LogP contribution in [0.25, 0.3) is 0 Å². The predicted octanol–water partition coefficient (Wildman–Crippen LogP) is 0.411. The van der Waals surface area contributed by atoms with Crippen molar-refractivity contribution in [3.8, 4) is 0 Å². The molecule has 2 rings (SSSR count). The Hall–Kier alpha value is -0.120. The maximum Gasteiger partial charge on any atom is 0.0594 e. The van der Waals surface area contributed by atoms with Gasteiger partial charge in [-0.3, -0.25) is 4.90 Å². The minimum Gasteiger partial charge on any atom is -0.379 e. The number of hydrogen-bond acceptors (Lipinski definition) is 3. The average Bonchev–Trinajstić information content (AvgIpc) is 2.02. The van der Waals surface area contributed by atoms with Crippen LogP contribution in [0.15, 0.2) is 0 Å². The molecule has 0 atom stereocenters. The van der Waals surface area contributed by atoms with Gasteiger partial charge in [-0.15, -0.1) is 0 Å². The van der Waals surface area contributed by atoms with Gasteiger partial charge >= 0.3 is 0 Å². The van der Waals surface area contributed by atoms with E-state index in [0.717, 1.165) is 38.4 Å². The fourth-order valence-electron chi connectivity index (χ4n) is 2.22. The molecule has 1 saturated heterocycles. The first kappa shape index (κ1) is 9.44. The van der Waals surface area contributed by atoms with Crippen molar-refractivity contribution in [2.75, 3.05) is 40.4 Å². The van der Waals surface area contributed by atoms with E-state index in [1.807, 2.05) is 0 Å². The summed E-state index contributed by atoms with van der Waals surface area (Å²) in [6.45, 7) is 4.15. The second kappa shape index (κ2) is 3.95. The molecule has 0 spiro atoms. The SMILES string of the molecule is CN(C)C1CC(N2CCOCC2)C1. The Balaban J connectivity index is 1.72. The third-order valence-corrected chi connectivity index (χ3v) is 3.38. The molecular formula is C10H20N2O. The highest BCUT2D eigenvalue weighted by Crippen LogP contribution is 2.28. The van der Waals surface area contributed by atoms with Crippen molar-refractivity contribution in [1.29, 1.82) is 0 Å². The van der Waals surface area contributed by atoms with Crippen LogP contribution in [0.5, 0.6) is 0 Å². The Morgan fingerprint density at radius 3 is 2.31 bits per heavy atom. The summed E-state index contributed by atoms with van der Waals surface area (Å²) in [7, 11) is 4.36. The fraction of sp³-hybridized carbons (Fsp3) is 1.00. The van der Waals surface area contributed by atoms with Crippen LogP contribution in [-0.4, -0.2) is 62.3 Å². The topological polar surface area (TPSA) is 15.7 Å². The Morgan fingerprint density at radius 2 is 1.77 bits per heavy atom. The summed E-state index contributed by atoms with van der Waals surface area (Å²) in [5.41, 5.74) is 0. The van der Waals surface area contributed by atoms with Crippen molar-refractivity contribution < 1.29 is 4.74 Å². The number of morpholine rings is 1. The summed E-state index contributed by atoms with van der Waals surface area (Å²) in [5.74, 6) is 0. The second-order valence-electron chi connectivity index (χ2n) is 4.39. The highest BCUT2D eigenvalue weighted by Gasteiger charge is 2.34. The van der Waals surface area contributed by atoms with Gasteiger partial charge in [-0.1, -0.05) is 0 Å². The van der Waals surface area contributed by atoms with E-state index in [1.54, 1.807) is 0 Å². The molecule has 0 bridgehead atoms. The van der Waals surface area contributed by atoms with Gasteiger partial charge in [0.15, 0.2) is 0 Å². The molecule has 1 saturated carbocycles. The highest BCUT2D eigenvalue weighted by atomic mass is 16.5. The van der Waals surface area contributed by atoms with Gasteiger partial charge < -0.3 is 9.64 Å². The van der Waals surface area contributed by atoms with E-state index in [2.05, 4.69) is 23.9 Å². The maximum atomic E-state index is 5.34. The lowest BCUT2D eigenvalue weighted by Gasteiger charge is -2.46. The van der Waals surface area contributed by atoms with Gasteiger partial charge in [0.1, 0.15) is 0 Å². The number of hydrogen-bond donors (Lipinski definition) is 0. The Labute approximate surface area is 80.6 Å². The van der Waals surface area contributed by atoms with Crippen LogP contribution in [0.4, 0.5) is 0 Å². The van der Waals surface area contributed by atoms with Gasteiger partial charge in [0, 0.05) is 25.2 Å². The van der Waals surface area contributed by atoms with Crippen LogP contribution in [0.2, 0.25) is 0 Å². The zero-order chi connectivity index (χ0) is 9.26. The number of rotatable bonds is 2. The minimum absolute atomic E-state index is 0.827. The van der Waals surface area contributed by atoms with E-state index in [0.29, 0.717) is 0 Å². The first-order chi connectivity index (χ1) is 6.27. The molecule has 0 aromatic rings. The minimum atomic E-state index is 0.827. The molecule has 1 aliphatic heterocycles. The molecule has 0 N–H and O–H groups in total. The summed E-state index contributed by atoms with van der Waals surface area (Å²) < 4.78 is 5.34. The third-order valence-electron chi connectivity index (χ3n) is 3.38. The lowest BCUT2D eigenvalue weighted by Crippen LogP contribution is -2.54. The maximum absolute atomic E-state index is 5.34. The summed E-state index contributed by atoms with van der Waals surface area (Å²) in [6, 6.07) is 1.67. The highest BCUT2D eigenvalue weighted by molar-refractivity contribution is 4.92. The van der Waals surface area contributed by atoms with Gasteiger partial charge in [-0.2, -0.15) is 0 Å². The van der Waals surface area contributed by atoms with Crippen LogP contribution < -0.4 is 0 Å². The molecule has 76 valence electrons. The summed E-state index contributed by atoms with van der Waals surface area (Å²) in [6.07, 6.45) is 2.71. The molecule has 3 heteroatoms. The van der Waals surface area contributed by atoms with E-state index < -0.39 is 0 Å². The first-order valence-electron chi connectivity index (χ1n) is 5.25.